The van der Waals surface area contributed by atoms with Gasteiger partial charge in [-0.1, -0.05) is 12.1 Å². The summed E-state index contributed by atoms with van der Waals surface area (Å²) in [4.78, 5) is 22.1. The highest BCUT2D eigenvalue weighted by atomic mass is 32.2. The Kier molecular flexibility index (Phi) is 4.52. The Morgan fingerprint density at radius 1 is 1.04 bits per heavy atom. The van der Waals surface area contributed by atoms with Gasteiger partial charge in [0.2, 0.25) is 0 Å². The van der Waals surface area contributed by atoms with Crippen LogP contribution in [0.1, 0.15) is 10.4 Å². The van der Waals surface area contributed by atoms with Gasteiger partial charge in [0.25, 0.3) is 21.7 Å². The molecule has 0 saturated carbocycles. The number of fused-ring (bicyclic) bond motifs is 1. The van der Waals surface area contributed by atoms with Crippen molar-refractivity contribution in [3.63, 3.8) is 0 Å². The lowest BCUT2D eigenvalue weighted by Gasteiger charge is -2.12. The van der Waals surface area contributed by atoms with Crippen LogP contribution in [0.5, 0.6) is 5.75 Å². The number of rotatable bonds is 4. The monoisotopic (exact) mass is 388 g/mol. The summed E-state index contributed by atoms with van der Waals surface area (Å²) in [6.45, 7) is 0. The molecule has 3 rings (SSSR count). The Labute approximate surface area is 152 Å². The number of nitrogens with one attached hydrogen (secondary N) is 1. The Morgan fingerprint density at radius 3 is 2.26 bits per heavy atom. The predicted molar refractivity (Wildman–Crippen MR) is 96.5 cm³/mol. The lowest BCUT2D eigenvalue weighted by Crippen LogP contribution is -2.12. The molecule has 3 aromatic rings. The van der Waals surface area contributed by atoms with Gasteiger partial charge in [0, 0.05) is 23.1 Å². The number of amides is 1. The van der Waals surface area contributed by atoms with E-state index < -0.39 is 25.8 Å². The third-order valence-corrected chi connectivity index (χ3v) is 4.70. The second-order valence-electron chi connectivity index (χ2n) is 5.58. The van der Waals surface area contributed by atoms with Gasteiger partial charge in [-0.3, -0.25) is 19.5 Å². The summed E-state index contributed by atoms with van der Waals surface area (Å²) in [7, 11) is -4.48. The van der Waals surface area contributed by atoms with E-state index in [0.29, 0.717) is 5.39 Å². The molecule has 0 radical (unpaired) electrons. The SMILES string of the molecule is O=C(Nc1c(O)ccc2ccc(S(=O)(=O)O)cc12)c1ccc([N+](=O)[O-])cc1. The number of carbonyl (C=O) groups excluding carboxylic acids is 1. The molecule has 0 aliphatic carbocycles. The van der Waals surface area contributed by atoms with E-state index in [1.165, 1.54) is 36.4 Å². The fourth-order valence-electron chi connectivity index (χ4n) is 2.50. The molecule has 10 heteroatoms. The van der Waals surface area contributed by atoms with Crippen LogP contribution in [0.4, 0.5) is 11.4 Å². The minimum atomic E-state index is -4.48. The van der Waals surface area contributed by atoms with Crippen LogP contribution in [0, 0.1) is 10.1 Å². The standard InChI is InChI=1S/C17H12N2O7S/c20-15-8-4-10-3-7-13(27(24,25)26)9-14(10)16(15)18-17(21)11-1-5-12(6-2-11)19(22)23/h1-9,20H,(H,18,21)(H,24,25,26). The first kappa shape index (κ1) is 18.3. The number of hydrogen-bond acceptors (Lipinski definition) is 6. The normalized spacial score (nSPS) is 11.3. The van der Waals surface area contributed by atoms with Crippen LogP contribution in [0.15, 0.2) is 59.5 Å². The number of phenols is 1. The van der Waals surface area contributed by atoms with Crippen LogP contribution in [0.2, 0.25) is 0 Å². The zero-order chi connectivity index (χ0) is 19.8. The smallest absolute Gasteiger partial charge is 0.294 e. The highest BCUT2D eigenvalue weighted by Crippen LogP contribution is 2.34. The van der Waals surface area contributed by atoms with Crippen molar-refractivity contribution >= 4 is 38.2 Å². The van der Waals surface area contributed by atoms with Crippen molar-refractivity contribution in [1.29, 1.82) is 0 Å². The summed E-state index contributed by atoms with van der Waals surface area (Å²) >= 11 is 0. The maximum Gasteiger partial charge on any atom is 0.294 e. The molecule has 138 valence electrons. The summed E-state index contributed by atoms with van der Waals surface area (Å²) in [5.74, 6) is -0.977. The number of non-ortho nitro benzene ring substituents is 1. The van der Waals surface area contributed by atoms with Crippen LogP contribution in [-0.2, 0) is 10.1 Å². The third-order valence-electron chi connectivity index (χ3n) is 3.85. The zero-order valence-electron chi connectivity index (χ0n) is 13.5. The molecule has 0 aromatic heterocycles. The minimum Gasteiger partial charge on any atom is -0.506 e. The lowest BCUT2D eigenvalue weighted by atomic mass is 10.1. The van der Waals surface area contributed by atoms with Gasteiger partial charge in [0.1, 0.15) is 5.75 Å². The molecule has 27 heavy (non-hydrogen) atoms. The van der Waals surface area contributed by atoms with E-state index in [4.69, 9.17) is 0 Å². The summed E-state index contributed by atoms with van der Waals surface area (Å²) in [5.41, 5.74) is -0.137. The first-order chi connectivity index (χ1) is 12.7. The molecule has 0 heterocycles. The maximum absolute atomic E-state index is 12.4. The Bertz CT molecular complexity index is 1170. The summed E-state index contributed by atoms with van der Waals surface area (Å²) in [5, 5.41) is 23.9. The molecule has 0 aliphatic rings. The second kappa shape index (κ2) is 6.67. The van der Waals surface area contributed by atoms with Crippen molar-refractivity contribution in [3.05, 3.63) is 70.3 Å². The van der Waals surface area contributed by atoms with Gasteiger partial charge < -0.3 is 10.4 Å². The number of anilines is 1. The predicted octanol–water partition coefficient (Wildman–Crippen LogP) is 2.95. The third kappa shape index (κ3) is 3.71. The van der Waals surface area contributed by atoms with Crippen LogP contribution in [-0.4, -0.2) is 28.9 Å². The van der Waals surface area contributed by atoms with Gasteiger partial charge in [-0.2, -0.15) is 8.42 Å². The topological polar surface area (TPSA) is 147 Å². The molecule has 0 unspecified atom stereocenters. The Morgan fingerprint density at radius 2 is 1.67 bits per heavy atom. The highest BCUT2D eigenvalue weighted by molar-refractivity contribution is 7.85. The van der Waals surface area contributed by atoms with Crippen molar-refractivity contribution in [2.45, 2.75) is 4.90 Å². The molecular weight excluding hydrogens is 376 g/mol. The number of nitro benzene ring substituents is 1. The average Bonchev–Trinajstić information content (AvgIpc) is 2.62. The fourth-order valence-corrected chi connectivity index (χ4v) is 3.01. The van der Waals surface area contributed by atoms with Crippen molar-refractivity contribution in [1.82, 2.24) is 0 Å². The molecule has 0 bridgehead atoms. The number of aromatic hydroxyl groups is 1. The van der Waals surface area contributed by atoms with Crippen molar-refractivity contribution in [3.8, 4) is 5.75 Å². The Hall–Kier alpha value is -3.50. The largest absolute Gasteiger partial charge is 0.506 e. The minimum absolute atomic E-state index is 0.0543. The van der Waals surface area contributed by atoms with E-state index in [-0.39, 0.29) is 28.1 Å². The molecule has 9 nitrogen and oxygen atoms in total. The van der Waals surface area contributed by atoms with E-state index >= 15 is 0 Å². The molecule has 3 aromatic carbocycles. The Balaban J connectivity index is 2.03. The van der Waals surface area contributed by atoms with E-state index in [9.17, 15) is 33.0 Å². The van der Waals surface area contributed by atoms with Gasteiger partial charge in [0.05, 0.1) is 15.5 Å². The van der Waals surface area contributed by atoms with Gasteiger partial charge in [-0.05, 0) is 35.7 Å². The number of carbonyl (C=O) groups is 1. The van der Waals surface area contributed by atoms with Crippen molar-refractivity contribution in [2.24, 2.45) is 0 Å². The second-order valence-corrected chi connectivity index (χ2v) is 7.00. The number of phenolic OH excluding ortho intramolecular Hbond substituents is 1. The quantitative estimate of drug-likeness (QED) is 0.269. The van der Waals surface area contributed by atoms with Gasteiger partial charge in [-0.15, -0.1) is 0 Å². The fraction of sp³-hybridized carbons (Fsp3) is 0. The molecule has 0 fully saturated rings. The first-order valence-corrected chi connectivity index (χ1v) is 8.90. The summed E-state index contributed by atoms with van der Waals surface area (Å²) in [6.07, 6.45) is 0. The van der Waals surface area contributed by atoms with E-state index in [2.05, 4.69) is 5.32 Å². The highest BCUT2D eigenvalue weighted by Gasteiger charge is 2.16. The molecule has 3 N–H and O–H groups in total. The van der Waals surface area contributed by atoms with E-state index in [1.54, 1.807) is 0 Å². The van der Waals surface area contributed by atoms with Crippen LogP contribution < -0.4 is 5.32 Å². The van der Waals surface area contributed by atoms with Crippen molar-refractivity contribution < 1.29 is 27.8 Å². The number of nitrogens with zero attached hydrogens (tertiary/aromatic N) is 1. The van der Waals surface area contributed by atoms with Gasteiger partial charge in [-0.25, -0.2) is 0 Å². The number of nitro groups is 1. The van der Waals surface area contributed by atoms with Crippen LogP contribution in [0.3, 0.4) is 0 Å². The van der Waals surface area contributed by atoms with Gasteiger partial charge in [0.15, 0.2) is 0 Å². The van der Waals surface area contributed by atoms with E-state index in [1.807, 2.05) is 0 Å². The molecule has 0 spiro atoms. The van der Waals surface area contributed by atoms with Crippen molar-refractivity contribution in [2.75, 3.05) is 5.32 Å². The van der Waals surface area contributed by atoms with Crippen LogP contribution >= 0.6 is 0 Å². The zero-order valence-corrected chi connectivity index (χ0v) is 14.3. The molecule has 0 saturated heterocycles. The molecule has 1 amide bonds. The lowest BCUT2D eigenvalue weighted by molar-refractivity contribution is -0.384. The summed E-state index contributed by atoms with van der Waals surface area (Å²) < 4.78 is 31.9. The molecule has 0 aliphatic heterocycles. The van der Waals surface area contributed by atoms with Gasteiger partial charge >= 0.3 is 0 Å². The van der Waals surface area contributed by atoms with Crippen LogP contribution in [0.25, 0.3) is 10.8 Å². The molecule has 0 atom stereocenters. The number of hydrogen-bond donors (Lipinski definition) is 3. The molecular formula is C17H12N2O7S. The first-order valence-electron chi connectivity index (χ1n) is 7.46. The summed E-state index contributed by atoms with van der Waals surface area (Å²) in [6, 6.07) is 11.4. The number of benzene rings is 3. The van der Waals surface area contributed by atoms with E-state index in [0.717, 1.165) is 18.2 Å². The average molecular weight is 388 g/mol. The maximum atomic E-state index is 12.4.